The Hall–Kier alpha value is -2.66. The van der Waals surface area contributed by atoms with Gasteiger partial charge in [-0.3, -0.25) is 4.79 Å². The molecule has 0 aromatic heterocycles. The van der Waals surface area contributed by atoms with E-state index in [0.717, 1.165) is 0 Å². The molecule has 1 fully saturated rings. The van der Waals surface area contributed by atoms with Gasteiger partial charge in [0, 0.05) is 12.0 Å². The maximum absolute atomic E-state index is 12.6. The van der Waals surface area contributed by atoms with E-state index in [-0.39, 0.29) is 18.9 Å². The third kappa shape index (κ3) is 2.83. The van der Waals surface area contributed by atoms with Crippen molar-refractivity contribution in [3.8, 4) is 0 Å². The van der Waals surface area contributed by atoms with Gasteiger partial charge in [0.05, 0.1) is 6.54 Å². The number of β-amino-alcohol motifs (C(OH)–C–C–N with tert-alkyl or cyclic N) is 1. The number of aliphatic hydroxyl groups is 1. The van der Waals surface area contributed by atoms with Gasteiger partial charge in [0.2, 0.25) is 0 Å². The number of rotatable bonds is 3. The summed E-state index contributed by atoms with van der Waals surface area (Å²) < 4.78 is 0. The van der Waals surface area contributed by atoms with Crippen LogP contribution in [0.25, 0.3) is 0 Å². The van der Waals surface area contributed by atoms with E-state index in [4.69, 9.17) is 0 Å². The first kappa shape index (κ1) is 15.2. The van der Waals surface area contributed by atoms with Gasteiger partial charge in [0.1, 0.15) is 11.6 Å². The minimum absolute atomic E-state index is 0.0229. The minimum atomic E-state index is -1.35. The average molecular weight is 311 g/mol. The summed E-state index contributed by atoms with van der Waals surface area (Å²) >= 11 is 0. The van der Waals surface area contributed by atoms with Crippen LogP contribution in [0.15, 0.2) is 60.7 Å². The molecule has 1 unspecified atom stereocenters. The zero-order valence-electron chi connectivity index (χ0n) is 12.4. The Morgan fingerprint density at radius 1 is 1.00 bits per heavy atom. The van der Waals surface area contributed by atoms with Crippen molar-refractivity contribution in [1.82, 2.24) is 4.90 Å². The molecule has 1 aliphatic rings. The summed E-state index contributed by atoms with van der Waals surface area (Å²) in [5.41, 5.74) is -0.319. The van der Waals surface area contributed by atoms with Crippen molar-refractivity contribution in [2.45, 2.75) is 18.1 Å². The predicted molar refractivity (Wildman–Crippen MR) is 83.9 cm³/mol. The summed E-state index contributed by atoms with van der Waals surface area (Å²) in [5, 5.41) is 20.3. The first-order chi connectivity index (χ1) is 11.0. The van der Waals surface area contributed by atoms with Crippen molar-refractivity contribution in [2.75, 3.05) is 6.54 Å². The van der Waals surface area contributed by atoms with E-state index in [1.54, 1.807) is 54.6 Å². The molecule has 0 spiro atoms. The Bertz CT molecular complexity index is 716. The molecule has 0 radical (unpaired) electrons. The van der Waals surface area contributed by atoms with Crippen LogP contribution in [0.2, 0.25) is 0 Å². The van der Waals surface area contributed by atoms with E-state index in [9.17, 15) is 19.8 Å². The third-order valence-corrected chi connectivity index (χ3v) is 4.22. The number of carbonyl (C=O) groups is 2. The molecule has 0 aliphatic carbocycles. The van der Waals surface area contributed by atoms with E-state index in [1.165, 1.54) is 4.90 Å². The van der Waals surface area contributed by atoms with E-state index in [0.29, 0.717) is 11.1 Å². The first-order valence-corrected chi connectivity index (χ1v) is 7.38. The first-order valence-electron chi connectivity index (χ1n) is 7.38. The Morgan fingerprint density at radius 3 is 2.13 bits per heavy atom. The van der Waals surface area contributed by atoms with Gasteiger partial charge in [-0.1, -0.05) is 48.5 Å². The Labute approximate surface area is 133 Å². The lowest BCUT2D eigenvalue weighted by atomic mass is 9.91. The van der Waals surface area contributed by atoms with Crippen molar-refractivity contribution >= 4 is 11.9 Å². The van der Waals surface area contributed by atoms with Crippen molar-refractivity contribution < 1.29 is 19.8 Å². The second-order valence-corrected chi connectivity index (χ2v) is 5.75. The number of likely N-dealkylation sites (tertiary alicyclic amines) is 1. The fraction of sp³-hybridized carbons (Fsp3) is 0.222. The number of hydrogen-bond acceptors (Lipinski definition) is 3. The molecule has 3 rings (SSSR count). The quantitative estimate of drug-likeness (QED) is 0.907. The maximum Gasteiger partial charge on any atom is 0.326 e. The Balaban J connectivity index is 1.94. The number of carbonyl (C=O) groups excluding carboxylic acids is 1. The lowest BCUT2D eigenvalue weighted by Gasteiger charge is -2.24. The van der Waals surface area contributed by atoms with E-state index in [1.807, 2.05) is 6.07 Å². The summed E-state index contributed by atoms with van der Waals surface area (Å²) in [6.07, 6.45) is -0.0229. The topological polar surface area (TPSA) is 77.8 Å². The van der Waals surface area contributed by atoms with Crippen molar-refractivity contribution in [1.29, 1.82) is 0 Å². The standard InChI is InChI=1S/C18H17NO4/c20-16(13-7-3-1-4-8-13)19-12-18(23,11-15(19)17(21)22)14-9-5-2-6-10-14/h1-10,15,23H,11-12H2,(H,21,22)/t15-,18?/m0/s1. The van der Waals surface area contributed by atoms with Crippen molar-refractivity contribution in [2.24, 2.45) is 0 Å². The Kier molecular flexibility index (Phi) is 3.88. The molecule has 2 aromatic rings. The molecule has 1 saturated heterocycles. The summed E-state index contributed by atoms with van der Waals surface area (Å²) in [6.45, 7) is -0.0400. The molecule has 1 amide bonds. The van der Waals surface area contributed by atoms with Gasteiger partial charge < -0.3 is 15.1 Å². The van der Waals surface area contributed by atoms with Crippen LogP contribution < -0.4 is 0 Å². The van der Waals surface area contributed by atoms with Gasteiger partial charge in [-0.05, 0) is 17.7 Å². The van der Waals surface area contributed by atoms with Gasteiger partial charge >= 0.3 is 5.97 Å². The second-order valence-electron chi connectivity index (χ2n) is 5.75. The molecular weight excluding hydrogens is 294 g/mol. The van der Waals surface area contributed by atoms with E-state index in [2.05, 4.69) is 0 Å². The van der Waals surface area contributed by atoms with Crippen molar-refractivity contribution in [3.05, 3.63) is 71.8 Å². The number of carboxylic acid groups (broad SMARTS) is 1. The monoisotopic (exact) mass is 311 g/mol. The number of hydrogen-bond donors (Lipinski definition) is 2. The third-order valence-electron chi connectivity index (χ3n) is 4.22. The highest BCUT2D eigenvalue weighted by molar-refractivity contribution is 5.97. The lowest BCUT2D eigenvalue weighted by Crippen LogP contribution is -2.41. The van der Waals surface area contributed by atoms with Gasteiger partial charge in [-0.15, -0.1) is 0 Å². The molecule has 1 aliphatic heterocycles. The summed E-state index contributed by atoms with van der Waals surface area (Å²) in [5.74, 6) is -1.49. The molecule has 0 bridgehead atoms. The normalized spacial score (nSPS) is 23.7. The highest BCUT2D eigenvalue weighted by Crippen LogP contribution is 2.36. The van der Waals surface area contributed by atoms with Crippen LogP contribution in [0.1, 0.15) is 22.3 Å². The van der Waals surface area contributed by atoms with Gasteiger partial charge in [-0.25, -0.2) is 4.79 Å². The zero-order valence-corrected chi connectivity index (χ0v) is 12.4. The van der Waals surface area contributed by atoms with Crippen LogP contribution in [0.3, 0.4) is 0 Å². The summed E-state index contributed by atoms with van der Waals surface area (Å²) in [7, 11) is 0. The molecule has 5 heteroatoms. The second kappa shape index (κ2) is 5.85. The van der Waals surface area contributed by atoms with Crippen LogP contribution >= 0.6 is 0 Å². The molecule has 2 aromatic carbocycles. The average Bonchev–Trinajstić information content (AvgIpc) is 2.95. The van der Waals surface area contributed by atoms with Crippen LogP contribution in [0, 0.1) is 0 Å². The number of aliphatic carboxylic acids is 1. The Morgan fingerprint density at radius 2 is 1.57 bits per heavy atom. The van der Waals surface area contributed by atoms with Gasteiger partial charge in [-0.2, -0.15) is 0 Å². The molecule has 5 nitrogen and oxygen atoms in total. The van der Waals surface area contributed by atoms with E-state index < -0.39 is 17.6 Å². The smallest absolute Gasteiger partial charge is 0.326 e. The molecule has 23 heavy (non-hydrogen) atoms. The highest BCUT2D eigenvalue weighted by Gasteiger charge is 2.49. The SMILES string of the molecule is O=C(O)[C@@H]1CC(O)(c2ccccc2)CN1C(=O)c1ccccc1. The largest absolute Gasteiger partial charge is 0.480 e. The van der Waals surface area contributed by atoms with Crippen LogP contribution in [0.4, 0.5) is 0 Å². The number of amides is 1. The van der Waals surface area contributed by atoms with E-state index >= 15 is 0 Å². The lowest BCUT2D eigenvalue weighted by molar-refractivity contribution is -0.141. The van der Waals surface area contributed by atoms with Crippen LogP contribution in [-0.2, 0) is 10.4 Å². The highest BCUT2D eigenvalue weighted by atomic mass is 16.4. The molecule has 1 heterocycles. The summed E-state index contributed by atoms with van der Waals surface area (Å²) in [4.78, 5) is 25.4. The van der Waals surface area contributed by atoms with Crippen molar-refractivity contribution in [3.63, 3.8) is 0 Å². The fourth-order valence-corrected chi connectivity index (χ4v) is 3.02. The number of nitrogens with zero attached hydrogens (tertiary/aromatic N) is 1. The zero-order chi connectivity index (χ0) is 16.4. The molecule has 2 atom stereocenters. The van der Waals surface area contributed by atoms with Gasteiger partial charge in [0.25, 0.3) is 5.91 Å². The fourth-order valence-electron chi connectivity index (χ4n) is 3.02. The molecule has 2 N–H and O–H groups in total. The molecule has 0 saturated carbocycles. The van der Waals surface area contributed by atoms with Crippen LogP contribution in [0.5, 0.6) is 0 Å². The number of carboxylic acids is 1. The van der Waals surface area contributed by atoms with Crippen LogP contribution in [-0.4, -0.2) is 39.6 Å². The predicted octanol–water partition coefficient (Wildman–Crippen LogP) is 1.87. The molecular formula is C18H17NO4. The maximum atomic E-state index is 12.6. The minimum Gasteiger partial charge on any atom is -0.480 e. The van der Waals surface area contributed by atoms with Gasteiger partial charge in [0.15, 0.2) is 0 Å². The molecule has 118 valence electrons. The number of benzene rings is 2. The summed E-state index contributed by atoms with van der Waals surface area (Å²) in [6, 6.07) is 16.3.